The van der Waals surface area contributed by atoms with Gasteiger partial charge in [0.15, 0.2) is 0 Å². The monoisotopic (exact) mass is 694 g/mol. The first-order valence-electron chi connectivity index (χ1n) is 19.6. The molecule has 3 aliphatic carbocycles. The largest absolute Gasteiger partial charge is 0.459 e. The molecule has 1 heteroatoms. The van der Waals surface area contributed by atoms with Crippen molar-refractivity contribution in [2.24, 2.45) is 0 Å². The summed E-state index contributed by atoms with van der Waals surface area (Å²) < 4.78 is 7.08. The van der Waals surface area contributed by atoms with Crippen LogP contribution < -0.4 is 0 Å². The van der Waals surface area contributed by atoms with Crippen LogP contribution in [0.25, 0.3) is 65.6 Å². The highest BCUT2D eigenvalue weighted by Gasteiger charge is 2.43. The summed E-state index contributed by atoms with van der Waals surface area (Å²) in [6, 6.07) is 47.4. The summed E-state index contributed by atoms with van der Waals surface area (Å²) in [6.07, 6.45) is 9.47. The van der Waals surface area contributed by atoms with Crippen LogP contribution in [0.5, 0.6) is 0 Å². The fraction of sp³-hybridized carbons (Fsp3) is 0.170. The summed E-state index contributed by atoms with van der Waals surface area (Å²) in [5.41, 5.74) is 15.6. The molecule has 8 aromatic rings. The zero-order valence-corrected chi connectivity index (χ0v) is 31.3. The highest BCUT2D eigenvalue weighted by Crippen LogP contribution is 2.57. The van der Waals surface area contributed by atoms with Crippen LogP contribution in [-0.4, -0.2) is 0 Å². The van der Waals surface area contributed by atoms with E-state index in [1.165, 1.54) is 93.4 Å². The number of hydrogen-bond donors (Lipinski definition) is 0. The van der Waals surface area contributed by atoms with Crippen molar-refractivity contribution in [2.75, 3.05) is 0 Å². The van der Waals surface area contributed by atoms with Gasteiger partial charge in [0.25, 0.3) is 0 Å². The van der Waals surface area contributed by atoms with E-state index in [4.69, 9.17) is 4.42 Å². The third-order valence-corrected chi connectivity index (χ3v) is 12.9. The summed E-state index contributed by atoms with van der Waals surface area (Å²) >= 11 is 0. The Hall–Kier alpha value is -5.92. The average Bonchev–Trinajstić information content (AvgIpc) is 3.70. The number of fused-ring (bicyclic) bond motifs is 10. The lowest BCUT2D eigenvalue weighted by Crippen LogP contribution is -2.17. The third-order valence-electron chi connectivity index (χ3n) is 12.9. The molecule has 1 nitrogen and oxygen atoms in total. The van der Waals surface area contributed by atoms with E-state index in [1.54, 1.807) is 0 Å². The fourth-order valence-electron chi connectivity index (χ4n) is 10.4. The number of para-hydroxylation sites is 1. The molecule has 0 saturated heterocycles. The molecule has 0 amide bonds. The Morgan fingerprint density at radius 1 is 0.611 bits per heavy atom. The van der Waals surface area contributed by atoms with E-state index in [2.05, 4.69) is 173 Å². The highest BCUT2D eigenvalue weighted by molar-refractivity contribution is 6.22. The lowest BCUT2D eigenvalue weighted by molar-refractivity contribution is 0.503. The van der Waals surface area contributed by atoms with Crippen molar-refractivity contribution in [1.82, 2.24) is 0 Å². The van der Waals surface area contributed by atoms with Crippen molar-refractivity contribution >= 4 is 54.4 Å². The van der Waals surface area contributed by atoms with E-state index in [1.807, 2.05) is 0 Å². The Labute approximate surface area is 317 Å². The molecule has 0 saturated carbocycles. The van der Waals surface area contributed by atoms with Crippen molar-refractivity contribution in [3.8, 4) is 11.1 Å². The molecule has 54 heavy (non-hydrogen) atoms. The van der Waals surface area contributed by atoms with Crippen LogP contribution in [0, 0.1) is 6.92 Å². The van der Waals surface area contributed by atoms with E-state index in [0.29, 0.717) is 11.8 Å². The molecule has 11 rings (SSSR count). The van der Waals surface area contributed by atoms with Gasteiger partial charge in [-0.25, -0.2) is 0 Å². The second-order valence-electron chi connectivity index (χ2n) is 16.4. The van der Waals surface area contributed by atoms with Crippen LogP contribution in [-0.2, 0) is 5.41 Å². The molecule has 7 aromatic carbocycles. The summed E-state index contributed by atoms with van der Waals surface area (Å²) in [5.74, 6) is 1.80. The van der Waals surface area contributed by atoms with E-state index < -0.39 is 0 Å². The Morgan fingerprint density at radius 2 is 1.28 bits per heavy atom. The normalized spacial score (nSPS) is 18.7. The van der Waals surface area contributed by atoms with Gasteiger partial charge in [-0.3, -0.25) is 0 Å². The number of allylic oxidation sites excluding steroid dienone is 5. The van der Waals surface area contributed by atoms with Crippen LogP contribution >= 0.6 is 0 Å². The predicted molar refractivity (Wildman–Crippen MR) is 228 cm³/mol. The van der Waals surface area contributed by atoms with Gasteiger partial charge in [0.2, 0.25) is 0 Å². The van der Waals surface area contributed by atoms with Crippen molar-refractivity contribution in [3.05, 3.63) is 190 Å². The van der Waals surface area contributed by atoms with Crippen molar-refractivity contribution < 1.29 is 4.42 Å². The van der Waals surface area contributed by atoms with Crippen LogP contribution in [0.1, 0.15) is 84.6 Å². The standard InChI is InChI=1S/C53H42O/c1-31-13-11-15-34(29-31)37-26-23-32(2)51-50(37)44-22-12-21-43(52(44)54-51)48-40-19-9-7-17-38(40)47(39-18-8-10-20-41(39)48)35-24-27-42-46(30-35)53(3,4)45-28-25-33-14-5-6-16-36(33)49(42)45/h5-22,24-26,28-30,32,42H,23,27H2,1-4H3. The van der Waals surface area contributed by atoms with Crippen molar-refractivity contribution in [2.45, 2.75) is 57.8 Å². The van der Waals surface area contributed by atoms with Gasteiger partial charge in [-0.1, -0.05) is 178 Å². The zero-order valence-electron chi connectivity index (χ0n) is 31.3. The van der Waals surface area contributed by atoms with Gasteiger partial charge in [-0.15, -0.1) is 0 Å². The molecular formula is C53H42O. The Kier molecular flexibility index (Phi) is 6.75. The second kappa shape index (κ2) is 11.5. The molecule has 0 bridgehead atoms. The maximum Gasteiger partial charge on any atom is 0.142 e. The SMILES string of the molecule is Cc1cccc(C2=CCC(C)c3oc4c(-c5c6ccccc6c(C6=CCC7C(=C6)C(C)(C)c6ccc8ccccc8c67)c6ccccc56)cccc4c32)c1. The highest BCUT2D eigenvalue weighted by atomic mass is 16.3. The minimum atomic E-state index is -0.0496. The molecule has 260 valence electrons. The van der Waals surface area contributed by atoms with Gasteiger partial charge < -0.3 is 4.42 Å². The first-order valence-corrected chi connectivity index (χ1v) is 19.6. The van der Waals surface area contributed by atoms with Gasteiger partial charge in [0, 0.05) is 39.3 Å². The van der Waals surface area contributed by atoms with E-state index >= 15 is 0 Å². The van der Waals surface area contributed by atoms with Crippen LogP contribution in [0.2, 0.25) is 0 Å². The van der Waals surface area contributed by atoms with Gasteiger partial charge in [-0.05, 0) is 85.5 Å². The summed E-state index contributed by atoms with van der Waals surface area (Å²) in [5, 5.41) is 9.02. The lowest BCUT2D eigenvalue weighted by Gasteiger charge is -2.28. The molecule has 3 aliphatic rings. The molecule has 1 aromatic heterocycles. The zero-order chi connectivity index (χ0) is 36.3. The Balaban J connectivity index is 1.13. The molecule has 0 aliphatic heterocycles. The van der Waals surface area contributed by atoms with Gasteiger partial charge in [0.1, 0.15) is 11.3 Å². The maximum absolute atomic E-state index is 7.08. The lowest BCUT2D eigenvalue weighted by atomic mass is 9.75. The molecule has 2 atom stereocenters. The van der Waals surface area contributed by atoms with Gasteiger partial charge in [-0.2, -0.15) is 0 Å². The third kappa shape index (κ3) is 4.39. The number of rotatable bonds is 3. The van der Waals surface area contributed by atoms with Crippen molar-refractivity contribution in [1.29, 1.82) is 0 Å². The number of benzene rings is 7. The molecule has 1 heterocycles. The topological polar surface area (TPSA) is 13.1 Å². The maximum atomic E-state index is 7.08. The second-order valence-corrected chi connectivity index (χ2v) is 16.4. The Bertz CT molecular complexity index is 2940. The van der Waals surface area contributed by atoms with E-state index in [-0.39, 0.29) is 5.41 Å². The number of aryl methyl sites for hydroxylation is 1. The minimum Gasteiger partial charge on any atom is -0.459 e. The minimum absolute atomic E-state index is 0.0496. The van der Waals surface area contributed by atoms with Crippen LogP contribution in [0.4, 0.5) is 0 Å². The Morgan fingerprint density at radius 3 is 2.02 bits per heavy atom. The van der Waals surface area contributed by atoms with Gasteiger partial charge in [0.05, 0.1) is 0 Å². The molecule has 0 N–H and O–H groups in total. The van der Waals surface area contributed by atoms with E-state index in [0.717, 1.165) is 29.7 Å². The first kappa shape index (κ1) is 31.6. The fourth-order valence-corrected chi connectivity index (χ4v) is 10.4. The number of furan rings is 1. The molecule has 0 fully saturated rings. The first-order chi connectivity index (χ1) is 26.4. The summed E-state index contributed by atoms with van der Waals surface area (Å²) in [4.78, 5) is 0. The summed E-state index contributed by atoms with van der Waals surface area (Å²) in [6.45, 7) is 9.33. The molecule has 2 unspecified atom stereocenters. The average molecular weight is 695 g/mol. The van der Waals surface area contributed by atoms with Gasteiger partial charge >= 0.3 is 0 Å². The molecule has 0 radical (unpaired) electrons. The summed E-state index contributed by atoms with van der Waals surface area (Å²) in [7, 11) is 0. The predicted octanol–water partition coefficient (Wildman–Crippen LogP) is 14.6. The van der Waals surface area contributed by atoms with Crippen molar-refractivity contribution in [3.63, 3.8) is 0 Å². The molecular weight excluding hydrogens is 653 g/mol. The quantitative estimate of drug-likeness (QED) is 0.168. The smallest absolute Gasteiger partial charge is 0.142 e. The number of hydrogen-bond acceptors (Lipinski definition) is 1. The van der Waals surface area contributed by atoms with Crippen LogP contribution in [0.15, 0.2) is 156 Å². The van der Waals surface area contributed by atoms with Crippen LogP contribution in [0.3, 0.4) is 0 Å². The molecule has 0 spiro atoms. The van der Waals surface area contributed by atoms with E-state index in [9.17, 15) is 0 Å².